The van der Waals surface area contributed by atoms with Crippen molar-refractivity contribution in [3.8, 4) is 0 Å². The van der Waals surface area contributed by atoms with Crippen molar-refractivity contribution in [2.24, 2.45) is 0 Å². The first-order valence-electron chi connectivity index (χ1n) is 14.1. The molecule has 1 unspecified atom stereocenters. The van der Waals surface area contributed by atoms with Crippen molar-refractivity contribution in [3.05, 3.63) is 87.5 Å². The molecule has 6 rings (SSSR count). The predicted octanol–water partition coefficient (Wildman–Crippen LogP) is 4.49. The fourth-order valence-electron chi connectivity index (χ4n) is 6.18. The van der Waals surface area contributed by atoms with Gasteiger partial charge in [0.1, 0.15) is 6.04 Å². The number of aryl methyl sites for hydroxylation is 1. The van der Waals surface area contributed by atoms with Gasteiger partial charge in [0, 0.05) is 43.8 Å². The molecular weight excluding hydrogens is 474 g/mol. The standard InChI is InChI=1S/C30H37N7O/c1-2-22-13-14-27-24(19-22)20-26(30(38)31-27)28(29-32-33-34-37(29)25-11-7-4-8-12-25)36-17-15-35(16-18-36)21-23-9-5-3-6-10-23/h3,5-6,9-10,13-14,19-20,25,28H,2,4,7-8,11-12,15-18,21H2,1H3,(H,31,38). The molecule has 2 fully saturated rings. The van der Waals surface area contributed by atoms with Crippen molar-refractivity contribution in [2.75, 3.05) is 26.2 Å². The van der Waals surface area contributed by atoms with Crippen molar-refractivity contribution < 1.29 is 0 Å². The van der Waals surface area contributed by atoms with Gasteiger partial charge >= 0.3 is 0 Å². The first kappa shape index (κ1) is 24.9. The summed E-state index contributed by atoms with van der Waals surface area (Å²) in [5, 5.41) is 14.3. The summed E-state index contributed by atoms with van der Waals surface area (Å²) in [5.74, 6) is 0.796. The molecule has 2 aromatic carbocycles. The van der Waals surface area contributed by atoms with Crippen LogP contribution in [0.5, 0.6) is 0 Å². The topological polar surface area (TPSA) is 82.9 Å². The van der Waals surface area contributed by atoms with Gasteiger partial charge in [-0.25, -0.2) is 4.68 Å². The Hall–Kier alpha value is -3.36. The number of nitrogens with zero attached hydrogens (tertiary/aromatic N) is 6. The predicted molar refractivity (Wildman–Crippen MR) is 149 cm³/mol. The average Bonchev–Trinajstić information content (AvgIpc) is 3.45. The first-order valence-corrected chi connectivity index (χ1v) is 14.1. The molecule has 38 heavy (non-hydrogen) atoms. The van der Waals surface area contributed by atoms with Crippen LogP contribution in [0.15, 0.2) is 59.4 Å². The first-order chi connectivity index (χ1) is 18.7. The van der Waals surface area contributed by atoms with Gasteiger partial charge < -0.3 is 4.98 Å². The number of piperazine rings is 1. The van der Waals surface area contributed by atoms with E-state index in [9.17, 15) is 4.79 Å². The Morgan fingerprint density at radius 2 is 1.74 bits per heavy atom. The van der Waals surface area contributed by atoms with E-state index in [2.05, 4.69) is 85.8 Å². The molecule has 1 saturated carbocycles. The van der Waals surface area contributed by atoms with Crippen molar-refractivity contribution >= 4 is 10.9 Å². The number of hydrogen-bond donors (Lipinski definition) is 1. The maximum atomic E-state index is 13.6. The van der Waals surface area contributed by atoms with Crippen LogP contribution in [0.2, 0.25) is 0 Å². The zero-order valence-electron chi connectivity index (χ0n) is 22.2. The molecule has 1 saturated heterocycles. The van der Waals surface area contributed by atoms with Gasteiger partial charge in [0.25, 0.3) is 5.56 Å². The number of pyridine rings is 1. The van der Waals surface area contributed by atoms with E-state index in [0.717, 1.165) is 74.3 Å². The van der Waals surface area contributed by atoms with E-state index in [0.29, 0.717) is 6.04 Å². The highest BCUT2D eigenvalue weighted by Crippen LogP contribution is 2.33. The molecule has 1 atom stereocenters. The monoisotopic (exact) mass is 511 g/mol. The number of fused-ring (bicyclic) bond motifs is 1. The number of rotatable bonds is 7. The lowest BCUT2D eigenvalue weighted by atomic mass is 9.95. The van der Waals surface area contributed by atoms with Crippen molar-refractivity contribution in [3.63, 3.8) is 0 Å². The van der Waals surface area contributed by atoms with Crippen LogP contribution < -0.4 is 5.56 Å². The van der Waals surface area contributed by atoms with Gasteiger partial charge in [-0.15, -0.1) is 5.10 Å². The second-order valence-electron chi connectivity index (χ2n) is 10.8. The summed E-state index contributed by atoms with van der Waals surface area (Å²) >= 11 is 0. The Balaban J connectivity index is 1.35. The molecule has 2 aromatic heterocycles. The van der Waals surface area contributed by atoms with Crippen LogP contribution in [0, 0.1) is 0 Å². The van der Waals surface area contributed by atoms with Crippen LogP contribution >= 0.6 is 0 Å². The molecule has 0 radical (unpaired) electrons. The van der Waals surface area contributed by atoms with E-state index >= 15 is 0 Å². The minimum absolute atomic E-state index is 0.0587. The maximum absolute atomic E-state index is 13.6. The third-order valence-electron chi connectivity index (χ3n) is 8.34. The normalized spacial score (nSPS) is 18.7. The van der Waals surface area contributed by atoms with Gasteiger partial charge in [0.2, 0.25) is 0 Å². The molecule has 0 spiro atoms. The van der Waals surface area contributed by atoms with Crippen LogP contribution in [0.1, 0.15) is 73.6 Å². The molecule has 2 aliphatic rings. The van der Waals surface area contributed by atoms with Gasteiger partial charge in [-0.05, 0) is 64.4 Å². The summed E-state index contributed by atoms with van der Waals surface area (Å²) in [6, 6.07) is 19.0. The van der Waals surface area contributed by atoms with Crippen LogP contribution in [0.25, 0.3) is 10.9 Å². The van der Waals surface area contributed by atoms with Crippen molar-refractivity contribution in [2.45, 2.75) is 64.1 Å². The third-order valence-corrected chi connectivity index (χ3v) is 8.34. The zero-order valence-corrected chi connectivity index (χ0v) is 22.2. The highest BCUT2D eigenvalue weighted by atomic mass is 16.1. The molecule has 1 aliphatic carbocycles. The second kappa shape index (κ2) is 11.2. The number of benzene rings is 2. The molecule has 1 aliphatic heterocycles. The summed E-state index contributed by atoms with van der Waals surface area (Å²) in [4.78, 5) is 21.7. The summed E-state index contributed by atoms with van der Waals surface area (Å²) in [6.45, 7) is 6.66. The fourth-order valence-corrected chi connectivity index (χ4v) is 6.18. The summed E-state index contributed by atoms with van der Waals surface area (Å²) in [6.07, 6.45) is 6.79. The van der Waals surface area contributed by atoms with Crippen LogP contribution in [-0.4, -0.2) is 61.2 Å². The highest BCUT2D eigenvalue weighted by Gasteiger charge is 2.34. The summed E-state index contributed by atoms with van der Waals surface area (Å²) < 4.78 is 2.03. The third kappa shape index (κ3) is 5.15. The Kier molecular flexibility index (Phi) is 7.33. The second-order valence-corrected chi connectivity index (χ2v) is 10.8. The molecule has 4 aromatic rings. The Labute approximate surface area is 223 Å². The fraction of sp³-hybridized carbons (Fsp3) is 0.467. The van der Waals surface area contributed by atoms with E-state index in [4.69, 9.17) is 0 Å². The van der Waals surface area contributed by atoms with E-state index in [1.54, 1.807) is 0 Å². The Morgan fingerprint density at radius 3 is 2.50 bits per heavy atom. The van der Waals surface area contributed by atoms with Crippen LogP contribution in [-0.2, 0) is 13.0 Å². The summed E-state index contributed by atoms with van der Waals surface area (Å²) in [5.41, 5.74) is 4.13. The quantitative estimate of drug-likeness (QED) is 0.394. The van der Waals surface area contributed by atoms with Gasteiger partial charge in [0.15, 0.2) is 5.82 Å². The SMILES string of the molecule is CCc1ccc2[nH]c(=O)c(C(c3nnnn3C3CCCCC3)N3CCN(Cc4ccccc4)CC3)cc2c1. The number of nitrogens with one attached hydrogen (secondary N) is 1. The molecule has 198 valence electrons. The lowest BCUT2D eigenvalue weighted by Crippen LogP contribution is -2.48. The van der Waals surface area contributed by atoms with E-state index < -0.39 is 0 Å². The average molecular weight is 512 g/mol. The van der Waals surface area contributed by atoms with Crippen LogP contribution in [0.3, 0.4) is 0 Å². The molecule has 0 bridgehead atoms. The van der Waals surface area contributed by atoms with Crippen molar-refractivity contribution in [1.29, 1.82) is 0 Å². The van der Waals surface area contributed by atoms with E-state index in [1.807, 2.05) is 10.7 Å². The lowest BCUT2D eigenvalue weighted by molar-refractivity contribution is 0.0982. The lowest BCUT2D eigenvalue weighted by Gasteiger charge is -2.39. The Morgan fingerprint density at radius 1 is 0.947 bits per heavy atom. The number of hydrogen-bond acceptors (Lipinski definition) is 6. The molecule has 0 amide bonds. The number of aromatic nitrogens is 5. The van der Waals surface area contributed by atoms with Gasteiger partial charge in [-0.1, -0.05) is 62.6 Å². The van der Waals surface area contributed by atoms with Gasteiger partial charge in [-0.2, -0.15) is 0 Å². The highest BCUT2D eigenvalue weighted by molar-refractivity contribution is 5.80. The zero-order chi connectivity index (χ0) is 25.9. The van der Waals surface area contributed by atoms with E-state index in [1.165, 1.54) is 30.4 Å². The molecule has 8 heteroatoms. The minimum Gasteiger partial charge on any atom is -0.322 e. The molecule has 3 heterocycles. The van der Waals surface area contributed by atoms with Gasteiger partial charge in [-0.3, -0.25) is 14.6 Å². The number of H-pyrrole nitrogens is 1. The van der Waals surface area contributed by atoms with Gasteiger partial charge in [0.05, 0.1) is 6.04 Å². The molecule has 1 N–H and O–H groups in total. The maximum Gasteiger partial charge on any atom is 0.253 e. The van der Waals surface area contributed by atoms with Crippen LogP contribution in [0.4, 0.5) is 0 Å². The number of aromatic amines is 1. The van der Waals surface area contributed by atoms with E-state index in [-0.39, 0.29) is 11.6 Å². The largest absolute Gasteiger partial charge is 0.322 e. The molecule has 8 nitrogen and oxygen atoms in total. The Bertz CT molecular complexity index is 1420. The number of tetrazole rings is 1. The minimum atomic E-state index is -0.288. The van der Waals surface area contributed by atoms with Crippen molar-refractivity contribution in [1.82, 2.24) is 35.0 Å². The smallest absolute Gasteiger partial charge is 0.253 e. The molecular formula is C30H37N7O. The summed E-state index contributed by atoms with van der Waals surface area (Å²) in [7, 11) is 0.